The van der Waals surface area contributed by atoms with E-state index in [0.717, 1.165) is 26.1 Å². The van der Waals surface area contributed by atoms with Gasteiger partial charge in [-0.3, -0.25) is 0 Å². The average Bonchev–Trinajstić information content (AvgIpc) is 2.68. The van der Waals surface area contributed by atoms with Crippen LogP contribution in [-0.4, -0.2) is 24.6 Å². The first-order valence-corrected chi connectivity index (χ1v) is 5.88. The maximum absolute atomic E-state index is 5.80. The molecule has 1 aliphatic rings. The minimum absolute atomic E-state index is 0.426. The second-order valence-electron chi connectivity index (χ2n) is 4.68. The van der Waals surface area contributed by atoms with E-state index >= 15 is 0 Å². The van der Waals surface area contributed by atoms with Crippen molar-refractivity contribution in [3.8, 4) is 0 Å². The van der Waals surface area contributed by atoms with Crippen LogP contribution in [0.15, 0.2) is 18.3 Å². The number of rotatable bonds is 6. The second kappa shape index (κ2) is 4.81. The summed E-state index contributed by atoms with van der Waals surface area (Å²) in [7, 11) is 0. The van der Waals surface area contributed by atoms with Crippen molar-refractivity contribution in [1.82, 2.24) is 10.3 Å². The van der Waals surface area contributed by atoms with Crippen molar-refractivity contribution in [2.45, 2.75) is 25.7 Å². The zero-order chi connectivity index (χ0) is 10.6. The molecule has 1 saturated carbocycles. The van der Waals surface area contributed by atoms with Crippen LogP contribution in [0.4, 0.5) is 0 Å². The molecule has 15 heavy (non-hydrogen) atoms. The number of nitrogens with two attached hydrogens (primary N) is 1. The molecule has 84 valence electrons. The molecule has 1 heterocycles. The molecule has 0 aromatic carbocycles. The van der Waals surface area contributed by atoms with Crippen LogP contribution in [-0.2, 0) is 6.42 Å². The standard InChI is InChI=1S/C12H21N3/c13-9-12(5-2-6-12)10-14-8-4-11-3-1-7-15-11/h1,3,7,14-15H,2,4-6,8-10,13H2. The summed E-state index contributed by atoms with van der Waals surface area (Å²) >= 11 is 0. The molecule has 1 aromatic heterocycles. The molecule has 0 spiro atoms. The summed E-state index contributed by atoms with van der Waals surface area (Å²) < 4.78 is 0. The predicted octanol–water partition coefficient (Wildman–Crippen LogP) is 1.28. The van der Waals surface area contributed by atoms with Crippen LogP contribution in [0.25, 0.3) is 0 Å². The highest BCUT2D eigenvalue weighted by atomic mass is 14.9. The highest BCUT2D eigenvalue weighted by Crippen LogP contribution is 2.38. The maximum atomic E-state index is 5.80. The fourth-order valence-electron chi connectivity index (χ4n) is 2.23. The molecule has 0 amide bonds. The molecule has 1 aromatic rings. The van der Waals surface area contributed by atoms with E-state index in [1.54, 1.807) is 0 Å². The van der Waals surface area contributed by atoms with Crippen LogP contribution in [0.5, 0.6) is 0 Å². The van der Waals surface area contributed by atoms with Crippen LogP contribution in [0, 0.1) is 5.41 Å². The molecule has 3 nitrogen and oxygen atoms in total. The third kappa shape index (κ3) is 2.61. The monoisotopic (exact) mass is 207 g/mol. The van der Waals surface area contributed by atoms with Gasteiger partial charge in [-0.15, -0.1) is 0 Å². The first-order valence-electron chi connectivity index (χ1n) is 5.88. The van der Waals surface area contributed by atoms with Gasteiger partial charge in [0.2, 0.25) is 0 Å². The normalized spacial score (nSPS) is 18.7. The lowest BCUT2D eigenvalue weighted by molar-refractivity contribution is 0.141. The Labute approximate surface area is 91.4 Å². The molecule has 0 unspecified atom stereocenters. The summed E-state index contributed by atoms with van der Waals surface area (Å²) in [4.78, 5) is 3.21. The topological polar surface area (TPSA) is 53.8 Å². The van der Waals surface area contributed by atoms with Gasteiger partial charge in [0.05, 0.1) is 0 Å². The Morgan fingerprint density at radius 2 is 2.33 bits per heavy atom. The quantitative estimate of drug-likeness (QED) is 0.615. The molecule has 2 rings (SSSR count). The SMILES string of the molecule is NCC1(CNCCc2ccc[nH]2)CCC1. The molecule has 0 aliphatic heterocycles. The van der Waals surface area contributed by atoms with E-state index in [-0.39, 0.29) is 0 Å². The molecule has 1 aliphatic carbocycles. The van der Waals surface area contributed by atoms with E-state index < -0.39 is 0 Å². The van der Waals surface area contributed by atoms with E-state index in [1.165, 1.54) is 25.0 Å². The van der Waals surface area contributed by atoms with Gasteiger partial charge in [0.25, 0.3) is 0 Å². The Balaban J connectivity index is 1.62. The number of H-pyrrole nitrogens is 1. The Hall–Kier alpha value is -0.800. The van der Waals surface area contributed by atoms with Crippen LogP contribution in [0.1, 0.15) is 25.0 Å². The average molecular weight is 207 g/mol. The third-order valence-electron chi connectivity index (χ3n) is 3.58. The van der Waals surface area contributed by atoms with Gasteiger partial charge in [-0.1, -0.05) is 6.42 Å². The molecule has 0 bridgehead atoms. The summed E-state index contributed by atoms with van der Waals surface area (Å²) in [5, 5.41) is 3.52. The van der Waals surface area contributed by atoms with Crippen molar-refractivity contribution >= 4 is 0 Å². The van der Waals surface area contributed by atoms with Gasteiger partial charge in [0.15, 0.2) is 0 Å². The Morgan fingerprint density at radius 1 is 1.47 bits per heavy atom. The molecular formula is C12H21N3. The van der Waals surface area contributed by atoms with Gasteiger partial charge in [-0.25, -0.2) is 0 Å². The number of hydrogen-bond donors (Lipinski definition) is 3. The van der Waals surface area contributed by atoms with Crippen molar-refractivity contribution in [2.75, 3.05) is 19.6 Å². The molecule has 0 radical (unpaired) electrons. The number of hydrogen-bond acceptors (Lipinski definition) is 2. The summed E-state index contributed by atoms with van der Waals surface area (Å²) in [6.07, 6.45) is 7.02. The van der Waals surface area contributed by atoms with Crippen LogP contribution >= 0.6 is 0 Å². The Bertz CT molecular complexity index is 270. The largest absolute Gasteiger partial charge is 0.365 e. The lowest BCUT2D eigenvalue weighted by Crippen LogP contribution is -2.45. The summed E-state index contributed by atoms with van der Waals surface area (Å²) in [6.45, 7) is 2.97. The van der Waals surface area contributed by atoms with E-state index in [0.29, 0.717) is 5.41 Å². The zero-order valence-corrected chi connectivity index (χ0v) is 9.26. The first kappa shape index (κ1) is 10.7. The van der Waals surface area contributed by atoms with Crippen molar-refractivity contribution in [3.05, 3.63) is 24.0 Å². The van der Waals surface area contributed by atoms with Crippen molar-refractivity contribution in [1.29, 1.82) is 0 Å². The zero-order valence-electron chi connectivity index (χ0n) is 9.26. The fourth-order valence-corrected chi connectivity index (χ4v) is 2.23. The first-order chi connectivity index (χ1) is 7.35. The maximum Gasteiger partial charge on any atom is 0.0159 e. The minimum Gasteiger partial charge on any atom is -0.365 e. The molecule has 4 N–H and O–H groups in total. The Morgan fingerprint density at radius 3 is 2.87 bits per heavy atom. The van der Waals surface area contributed by atoms with Gasteiger partial charge in [0.1, 0.15) is 0 Å². The second-order valence-corrected chi connectivity index (χ2v) is 4.68. The van der Waals surface area contributed by atoms with Gasteiger partial charge < -0.3 is 16.0 Å². The summed E-state index contributed by atoms with van der Waals surface area (Å²) in [6, 6.07) is 4.17. The van der Waals surface area contributed by atoms with E-state index in [4.69, 9.17) is 5.73 Å². The smallest absolute Gasteiger partial charge is 0.0159 e. The van der Waals surface area contributed by atoms with Crippen molar-refractivity contribution < 1.29 is 0 Å². The lowest BCUT2D eigenvalue weighted by Gasteiger charge is -2.41. The number of aromatic amines is 1. The lowest BCUT2D eigenvalue weighted by atomic mass is 9.69. The van der Waals surface area contributed by atoms with Gasteiger partial charge in [-0.05, 0) is 43.4 Å². The van der Waals surface area contributed by atoms with Gasteiger partial charge >= 0.3 is 0 Å². The molecule has 3 heteroatoms. The van der Waals surface area contributed by atoms with Crippen LogP contribution in [0.3, 0.4) is 0 Å². The predicted molar refractivity (Wildman–Crippen MR) is 62.7 cm³/mol. The van der Waals surface area contributed by atoms with Gasteiger partial charge in [-0.2, -0.15) is 0 Å². The van der Waals surface area contributed by atoms with Gasteiger partial charge in [0, 0.05) is 25.0 Å². The molecule has 0 saturated heterocycles. The van der Waals surface area contributed by atoms with Crippen molar-refractivity contribution in [2.24, 2.45) is 11.1 Å². The fraction of sp³-hybridized carbons (Fsp3) is 0.667. The van der Waals surface area contributed by atoms with Crippen LogP contribution < -0.4 is 11.1 Å². The van der Waals surface area contributed by atoms with Crippen LogP contribution in [0.2, 0.25) is 0 Å². The molecular weight excluding hydrogens is 186 g/mol. The third-order valence-corrected chi connectivity index (χ3v) is 3.58. The highest BCUT2D eigenvalue weighted by Gasteiger charge is 2.34. The minimum atomic E-state index is 0.426. The molecule has 0 atom stereocenters. The Kier molecular flexibility index (Phi) is 3.44. The summed E-state index contributed by atoms with van der Waals surface area (Å²) in [5.74, 6) is 0. The van der Waals surface area contributed by atoms with E-state index in [1.807, 2.05) is 12.3 Å². The number of nitrogens with one attached hydrogen (secondary N) is 2. The van der Waals surface area contributed by atoms with Crippen molar-refractivity contribution in [3.63, 3.8) is 0 Å². The molecule has 1 fully saturated rings. The number of aromatic nitrogens is 1. The highest BCUT2D eigenvalue weighted by molar-refractivity contribution is 5.03. The summed E-state index contributed by atoms with van der Waals surface area (Å²) in [5.41, 5.74) is 7.53. The van der Waals surface area contributed by atoms with E-state index in [9.17, 15) is 0 Å². The van der Waals surface area contributed by atoms with E-state index in [2.05, 4.69) is 16.4 Å².